The molecule has 7 heteroatoms. The molecule has 1 aromatic heterocycles. The molecular formula is C14H10BrF3N2O. The van der Waals surface area contributed by atoms with Gasteiger partial charge in [-0.2, -0.15) is 13.2 Å². The van der Waals surface area contributed by atoms with Crippen molar-refractivity contribution in [1.82, 2.24) is 4.98 Å². The number of pyridine rings is 1. The van der Waals surface area contributed by atoms with E-state index in [1.54, 1.807) is 18.3 Å². The molecule has 0 atom stereocenters. The molecule has 0 unspecified atom stereocenters. The molecule has 0 fully saturated rings. The molecule has 0 saturated heterocycles. The smallest absolute Gasteiger partial charge is 0.366 e. The lowest BCUT2D eigenvalue weighted by Crippen LogP contribution is -2.16. The zero-order valence-corrected chi connectivity index (χ0v) is 12.2. The first-order valence-electron chi connectivity index (χ1n) is 5.88. The number of amides is 1. The van der Waals surface area contributed by atoms with Crippen molar-refractivity contribution in [2.24, 2.45) is 5.73 Å². The normalized spacial score (nSPS) is 11.4. The van der Waals surface area contributed by atoms with Crippen molar-refractivity contribution < 1.29 is 18.0 Å². The van der Waals surface area contributed by atoms with Gasteiger partial charge in [-0.25, -0.2) is 0 Å². The van der Waals surface area contributed by atoms with Crippen LogP contribution in [0.2, 0.25) is 0 Å². The molecule has 0 spiro atoms. The fraction of sp³-hybridized carbons (Fsp3) is 0.143. The van der Waals surface area contributed by atoms with Crippen LogP contribution in [0.25, 0.3) is 0 Å². The SMILES string of the molecule is NC(=O)c1cc(C(F)(F)F)ccc1Cc1ncccc1Br. The lowest BCUT2D eigenvalue weighted by Gasteiger charge is -2.12. The Morgan fingerprint density at radius 2 is 2.00 bits per heavy atom. The first-order valence-corrected chi connectivity index (χ1v) is 6.67. The third-order valence-electron chi connectivity index (χ3n) is 2.90. The van der Waals surface area contributed by atoms with Crippen LogP contribution in [0.5, 0.6) is 0 Å². The summed E-state index contributed by atoms with van der Waals surface area (Å²) in [5, 5.41) is 0. The molecular weight excluding hydrogens is 349 g/mol. The Balaban J connectivity index is 2.45. The number of carbonyl (C=O) groups excluding carboxylic acids is 1. The first kappa shape index (κ1) is 15.5. The van der Waals surface area contributed by atoms with Crippen LogP contribution in [-0.2, 0) is 12.6 Å². The lowest BCUT2D eigenvalue weighted by atomic mass is 9.99. The van der Waals surface area contributed by atoms with E-state index in [9.17, 15) is 18.0 Å². The molecule has 110 valence electrons. The highest BCUT2D eigenvalue weighted by Gasteiger charge is 2.31. The van der Waals surface area contributed by atoms with Crippen molar-refractivity contribution in [2.75, 3.05) is 0 Å². The average molecular weight is 359 g/mol. The second kappa shape index (κ2) is 5.85. The number of carbonyl (C=O) groups is 1. The highest BCUT2D eigenvalue weighted by molar-refractivity contribution is 9.10. The number of benzene rings is 1. The van der Waals surface area contributed by atoms with Gasteiger partial charge in [-0.1, -0.05) is 6.07 Å². The van der Waals surface area contributed by atoms with Gasteiger partial charge in [0.1, 0.15) is 0 Å². The Bertz CT molecular complexity index is 686. The minimum Gasteiger partial charge on any atom is -0.366 e. The van der Waals surface area contributed by atoms with Crippen molar-refractivity contribution in [3.63, 3.8) is 0 Å². The fourth-order valence-corrected chi connectivity index (χ4v) is 2.26. The van der Waals surface area contributed by atoms with Gasteiger partial charge in [0.05, 0.1) is 11.3 Å². The highest BCUT2D eigenvalue weighted by atomic mass is 79.9. The van der Waals surface area contributed by atoms with E-state index >= 15 is 0 Å². The summed E-state index contributed by atoms with van der Waals surface area (Å²) in [6, 6.07) is 6.43. The molecule has 0 aliphatic rings. The number of primary amides is 1. The summed E-state index contributed by atoms with van der Waals surface area (Å²) < 4.78 is 38.8. The standard InChI is InChI=1S/C14H10BrF3N2O/c15-11-2-1-5-20-12(11)6-8-3-4-9(14(16,17)18)7-10(8)13(19)21/h1-5,7H,6H2,(H2,19,21). The van der Waals surface area contributed by atoms with Crippen molar-refractivity contribution in [3.05, 3.63) is 63.4 Å². The number of alkyl halides is 3. The molecule has 0 saturated carbocycles. The van der Waals surface area contributed by atoms with E-state index in [4.69, 9.17) is 5.73 Å². The average Bonchev–Trinajstić information content (AvgIpc) is 2.40. The predicted octanol–water partition coefficient (Wildman–Crippen LogP) is 3.55. The van der Waals surface area contributed by atoms with Crippen molar-refractivity contribution in [3.8, 4) is 0 Å². The first-order chi connectivity index (χ1) is 9.79. The van der Waals surface area contributed by atoms with E-state index in [1.165, 1.54) is 6.07 Å². The van der Waals surface area contributed by atoms with E-state index in [1.807, 2.05) is 0 Å². The van der Waals surface area contributed by atoms with Crippen LogP contribution in [0.4, 0.5) is 13.2 Å². The van der Waals surface area contributed by atoms with Gasteiger partial charge in [-0.3, -0.25) is 9.78 Å². The van der Waals surface area contributed by atoms with Crippen LogP contribution >= 0.6 is 15.9 Å². The molecule has 0 bridgehead atoms. The van der Waals surface area contributed by atoms with Gasteiger partial charge in [0.2, 0.25) is 5.91 Å². The molecule has 2 rings (SSSR count). The highest BCUT2D eigenvalue weighted by Crippen LogP contribution is 2.31. The number of aromatic nitrogens is 1. The second-order valence-corrected chi connectivity index (χ2v) is 5.20. The van der Waals surface area contributed by atoms with Crippen LogP contribution in [0, 0.1) is 0 Å². The maximum absolute atomic E-state index is 12.7. The molecule has 0 radical (unpaired) electrons. The van der Waals surface area contributed by atoms with E-state index in [0.717, 1.165) is 12.1 Å². The summed E-state index contributed by atoms with van der Waals surface area (Å²) >= 11 is 3.30. The van der Waals surface area contributed by atoms with E-state index in [0.29, 0.717) is 15.7 Å². The summed E-state index contributed by atoms with van der Waals surface area (Å²) in [5.41, 5.74) is 5.14. The van der Waals surface area contributed by atoms with Crippen LogP contribution in [0.1, 0.15) is 27.2 Å². The van der Waals surface area contributed by atoms with Gasteiger partial charge in [0.25, 0.3) is 0 Å². The molecule has 2 N–H and O–H groups in total. The Kier molecular flexibility index (Phi) is 4.32. The van der Waals surface area contributed by atoms with Gasteiger partial charge in [0.15, 0.2) is 0 Å². The molecule has 1 heterocycles. The summed E-state index contributed by atoms with van der Waals surface area (Å²) in [6.45, 7) is 0. The minimum absolute atomic E-state index is 0.151. The lowest BCUT2D eigenvalue weighted by molar-refractivity contribution is -0.137. The minimum atomic E-state index is -4.52. The van der Waals surface area contributed by atoms with Gasteiger partial charge in [-0.05, 0) is 45.8 Å². The number of hydrogen-bond donors (Lipinski definition) is 1. The molecule has 21 heavy (non-hydrogen) atoms. The summed E-state index contributed by atoms with van der Waals surface area (Å²) in [7, 11) is 0. The van der Waals surface area contributed by atoms with Crippen LogP contribution in [0.3, 0.4) is 0 Å². The third kappa shape index (κ3) is 3.60. The molecule has 1 amide bonds. The van der Waals surface area contributed by atoms with Gasteiger partial charge < -0.3 is 5.73 Å². The Morgan fingerprint density at radius 1 is 1.29 bits per heavy atom. The Morgan fingerprint density at radius 3 is 2.57 bits per heavy atom. The van der Waals surface area contributed by atoms with E-state index < -0.39 is 17.6 Å². The van der Waals surface area contributed by atoms with Crippen molar-refractivity contribution in [1.29, 1.82) is 0 Å². The Labute approximate surface area is 127 Å². The van der Waals surface area contributed by atoms with E-state index in [-0.39, 0.29) is 12.0 Å². The topological polar surface area (TPSA) is 56.0 Å². The molecule has 2 aromatic rings. The van der Waals surface area contributed by atoms with Crippen LogP contribution in [0.15, 0.2) is 41.0 Å². The van der Waals surface area contributed by atoms with Gasteiger partial charge in [-0.15, -0.1) is 0 Å². The monoisotopic (exact) mass is 358 g/mol. The molecule has 1 aromatic carbocycles. The third-order valence-corrected chi connectivity index (χ3v) is 3.62. The maximum Gasteiger partial charge on any atom is 0.416 e. The predicted molar refractivity (Wildman–Crippen MR) is 74.7 cm³/mol. The van der Waals surface area contributed by atoms with Crippen LogP contribution in [-0.4, -0.2) is 10.9 Å². The zero-order valence-electron chi connectivity index (χ0n) is 10.6. The number of halogens is 4. The number of rotatable bonds is 3. The number of hydrogen-bond acceptors (Lipinski definition) is 2. The van der Waals surface area contributed by atoms with E-state index in [2.05, 4.69) is 20.9 Å². The quantitative estimate of drug-likeness (QED) is 0.911. The molecule has 0 aliphatic heterocycles. The summed E-state index contributed by atoms with van der Waals surface area (Å²) in [4.78, 5) is 15.5. The molecule has 3 nitrogen and oxygen atoms in total. The van der Waals surface area contributed by atoms with Crippen molar-refractivity contribution in [2.45, 2.75) is 12.6 Å². The fourth-order valence-electron chi connectivity index (χ4n) is 1.87. The number of nitrogens with two attached hydrogens (primary N) is 1. The summed E-state index contributed by atoms with van der Waals surface area (Å²) in [6.07, 6.45) is -2.75. The summed E-state index contributed by atoms with van der Waals surface area (Å²) in [5.74, 6) is -0.900. The Hall–Kier alpha value is -1.89. The van der Waals surface area contributed by atoms with Gasteiger partial charge >= 0.3 is 6.18 Å². The number of nitrogens with zero attached hydrogens (tertiary/aromatic N) is 1. The molecule has 0 aliphatic carbocycles. The van der Waals surface area contributed by atoms with Crippen LogP contribution < -0.4 is 5.73 Å². The van der Waals surface area contributed by atoms with Crippen molar-refractivity contribution >= 4 is 21.8 Å². The second-order valence-electron chi connectivity index (χ2n) is 4.34. The maximum atomic E-state index is 12.7. The van der Waals surface area contributed by atoms with Gasteiger partial charge in [0, 0.05) is 22.7 Å². The zero-order chi connectivity index (χ0) is 15.6. The largest absolute Gasteiger partial charge is 0.416 e.